The number of hydrogen-bond donors (Lipinski definition) is 0. The maximum atomic E-state index is 13.0. The molecule has 0 aliphatic carbocycles. The third-order valence-electron chi connectivity index (χ3n) is 4.03. The van der Waals surface area contributed by atoms with Crippen LogP contribution in [0.4, 0.5) is 0 Å². The van der Waals surface area contributed by atoms with Gasteiger partial charge in [-0.1, -0.05) is 18.2 Å². The number of para-hydroxylation sites is 1. The molecule has 0 bridgehead atoms. The molecule has 0 spiro atoms. The molecular formula is C18H21N3O4. The molecule has 25 heavy (non-hydrogen) atoms. The van der Waals surface area contributed by atoms with E-state index in [9.17, 15) is 9.59 Å². The first-order valence-corrected chi connectivity index (χ1v) is 8.18. The Morgan fingerprint density at radius 1 is 1.20 bits per heavy atom. The number of benzene rings is 1. The normalized spacial score (nSPS) is 20.4. The zero-order chi connectivity index (χ0) is 18.0. The Bertz CT molecular complexity index is 809. The number of carbonyl (C=O) groups excluding carboxylic acids is 1. The molecule has 1 aromatic carbocycles. The lowest BCUT2D eigenvalue weighted by Crippen LogP contribution is -2.48. The quantitative estimate of drug-likeness (QED) is 0.844. The number of nitrogens with zero attached hydrogens (tertiary/aromatic N) is 3. The summed E-state index contributed by atoms with van der Waals surface area (Å²) in [5, 5.41) is 4.29. The molecule has 1 fully saturated rings. The standard InChI is InChI=1S/C18H21N3O4/c1-12-10-20(11-13(2)25-12)18(23)17-15(24-3)9-16(22)21(19-17)14-7-5-4-6-8-14/h4-9,12-13H,10-11H2,1-3H3/t12-,13-/m0/s1. The Balaban J connectivity index is 2.02. The van der Waals surface area contributed by atoms with Crippen molar-refractivity contribution in [1.29, 1.82) is 0 Å². The maximum absolute atomic E-state index is 13.0. The Morgan fingerprint density at radius 3 is 2.44 bits per heavy atom. The van der Waals surface area contributed by atoms with Crippen molar-refractivity contribution in [3.8, 4) is 11.4 Å². The van der Waals surface area contributed by atoms with Crippen LogP contribution in [0.5, 0.6) is 5.75 Å². The van der Waals surface area contributed by atoms with E-state index in [1.165, 1.54) is 17.9 Å². The minimum absolute atomic E-state index is 0.0567. The van der Waals surface area contributed by atoms with Crippen molar-refractivity contribution < 1.29 is 14.3 Å². The van der Waals surface area contributed by atoms with E-state index in [0.29, 0.717) is 18.8 Å². The van der Waals surface area contributed by atoms with Crippen LogP contribution in [0.3, 0.4) is 0 Å². The van der Waals surface area contributed by atoms with Gasteiger partial charge in [0, 0.05) is 13.1 Å². The molecule has 0 saturated carbocycles. The predicted molar refractivity (Wildman–Crippen MR) is 92.3 cm³/mol. The molecule has 2 aromatic rings. The van der Waals surface area contributed by atoms with Crippen LogP contribution in [0.2, 0.25) is 0 Å². The summed E-state index contributed by atoms with van der Waals surface area (Å²) in [6.07, 6.45) is -0.113. The molecule has 7 nitrogen and oxygen atoms in total. The second-order valence-electron chi connectivity index (χ2n) is 6.11. The van der Waals surface area contributed by atoms with E-state index < -0.39 is 0 Å². The van der Waals surface area contributed by atoms with Crippen molar-refractivity contribution in [3.05, 3.63) is 52.4 Å². The number of carbonyl (C=O) groups is 1. The lowest BCUT2D eigenvalue weighted by molar-refractivity contribution is -0.0588. The molecule has 7 heteroatoms. The minimum Gasteiger partial charge on any atom is -0.494 e. The fourth-order valence-corrected chi connectivity index (χ4v) is 2.99. The van der Waals surface area contributed by atoms with Crippen molar-refractivity contribution in [2.75, 3.05) is 20.2 Å². The minimum atomic E-state index is -0.358. The van der Waals surface area contributed by atoms with E-state index in [-0.39, 0.29) is 35.1 Å². The van der Waals surface area contributed by atoms with E-state index >= 15 is 0 Å². The van der Waals surface area contributed by atoms with Crippen LogP contribution in [0.15, 0.2) is 41.2 Å². The van der Waals surface area contributed by atoms with Crippen molar-refractivity contribution in [2.24, 2.45) is 0 Å². The first-order valence-electron chi connectivity index (χ1n) is 8.18. The summed E-state index contributed by atoms with van der Waals surface area (Å²) >= 11 is 0. The molecule has 2 heterocycles. The Morgan fingerprint density at radius 2 is 1.84 bits per heavy atom. The summed E-state index contributed by atoms with van der Waals surface area (Å²) in [6, 6.07) is 10.3. The van der Waals surface area contributed by atoms with Gasteiger partial charge >= 0.3 is 0 Å². The smallest absolute Gasteiger partial charge is 0.278 e. The fourth-order valence-electron chi connectivity index (χ4n) is 2.99. The summed E-state index contributed by atoms with van der Waals surface area (Å²) in [7, 11) is 1.42. The molecule has 0 radical (unpaired) electrons. The van der Waals surface area contributed by atoms with Crippen LogP contribution in [-0.4, -0.2) is 53.0 Å². The van der Waals surface area contributed by atoms with Crippen molar-refractivity contribution >= 4 is 5.91 Å². The van der Waals surface area contributed by atoms with Crippen LogP contribution >= 0.6 is 0 Å². The first kappa shape index (κ1) is 17.2. The third kappa shape index (κ3) is 3.56. The van der Waals surface area contributed by atoms with Gasteiger partial charge in [0.2, 0.25) is 0 Å². The average Bonchev–Trinajstić information content (AvgIpc) is 2.60. The number of amides is 1. The number of hydrogen-bond acceptors (Lipinski definition) is 5. The second-order valence-corrected chi connectivity index (χ2v) is 6.11. The number of rotatable bonds is 3. The molecule has 2 atom stereocenters. The third-order valence-corrected chi connectivity index (χ3v) is 4.03. The van der Waals surface area contributed by atoms with Crippen molar-refractivity contribution in [3.63, 3.8) is 0 Å². The Labute approximate surface area is 145 Å². The molecule has 1 aliphatic rings. The predicted octanol–water partition coefficient (Wildman–Crippen LogP) is 1.49. The van der Waals surface area contributed by atoms with Crippen LogP contribution in [0.25, 0.3) is 5.69 Å². The zero-order valence-electron chi connectivity index (χ0n) is 14.5. The van der Waals surface area contributed by atoms with Crippen LogP contribution in [0.1, 0.15) is 24.3 Å². The van der Waals surface area contributed by atoms with Crippen molar-refractivity contribution in [2.45, 2.75) is 26.1 Å². The topological polar surface area (TPSA) is 73.7 Å². The molecule has 1 aromatic heterocycles. The SMILES string of the molecule is COc1cc(=O)n(-c2ccccc2)nc1C(=O)N1C[C@H](C)O[C@@H](C)C1. The number of aromatic nitrogens is 2. The first-order chi connectivity index (χ1) is 12.0. The van der Waals surface area contributed by atoms with Gasteiger partial charge in [-0.15, -0.1) is 0 Å². The van der Waals surface area contributed by atoms with Gasteiger partial charge in [0.15, 0.2) is 11.4 Å². The zero-order valence-corrected chi connectivity index (χ0v) is 14.5. The van der Waals surface area contributed by atoms with Gasteiger partial charge in [-0.05, 0) is 26.0 Å². The van der Waals surface area contributed by atoms with Crippen LogP contribution in [0, 0.1) is 0 Å². The second kappa shape index (κ2) is 7.06. The molecule has 132 valence electrons. The molecular weight excluding hydrogens is 322 g/mol. The number of ether oxygens (including phenoxy) is 2. The van der Waals surface area contributed by atoms with Crippen LogP contribution < -0.4 is 10.3 Å². The van der Waals surface area contributed by atoms with Gasteiger partial charge in [-0.25, -0.2) is 0 Å². The molecule has 1 amide bonds. The number of methoxy groups -OCH3 is 1. The highest BCUT2D eigenvalue weighted by atomic mass is 16.5. The van der Waals surface area contributed by atoms with E-state index in [0.717, 1.165) is 0 Å². The van der Waals surface area contributed by atoms with Gasteiger partial charge in [-0.3, -0.25) is 9.59 Å². The molecule has 1 saturated heterocycles. The number of morpholine rings is 1. The summed E-state index contributed by atoms with van der Waals surface area (Å²) < 4.78 is 12.1. The van der Waals surface area contributed by atoms with Crippen molar-refractivity contribution in [1.82, 2.24) is 14.7 Å². The van der Waals surface area contributed by atoms with Gasteiger partial charge < -0.3 is 14.4 Å². The largest absolute Gasteiger partial charge is 0.494 e. The Kier molecular flexibility index (Phi) is 4.85. The maximum Gasteiger partial charge on any atom is 0.278 e. The monoisotopic (exact) mass is 343 g/mol. The molecule has 0 unspecified atom stereocenters. The summed E-state index contributed by atoms with van der Waals surface area (Å²) in [5.41, 5.74) is 0.350. The Hall–Kier alpha value is -2.67. The highest BCUT2D eigenvalue weighted by molar-refractivity contribution is 5.95. The summed E-state index contributed by atoms with van der Waals surface area (Å²) in [4.78, 5) is 27.0. The van der Waals surface area contributed by atoms with Gasteiger partial charge in [-0.2, -0.15) is 9.78 Å². The summed E-state index contributed by atoms with van der Waals surface area (Å²) in [6.45, 7) is 4.79. The lowest BCUT2D eigenvalue weighted by Gasteiger charge is -2.35. The molecule has 0 N–H and O–H groups in total. The van der Waals surface area contributed by atoms with Gasteiger partial charge in [0.1, 0.15) is 0 Å². The highest BCUT2D eigenvalue weighted by Gasteiger charge is 2.30. The van der Waals surface area contributed by atoms with Gasteiger partial charge in [0.25, 0.3) is 11.5 Å². The van der Waals surface area contributed by atoms with Crippen LogP contribution in [-0.2, 0) is 4.74 Å². The fraction of sp³-hybridized carbons (Fsp3) is 0.389. The summed E-state index contributed by atoms with van der Waals surface area (Å²) in [5.74, 6) is -0.0995. The highest BCUT2D eigenvalue weighted by Crippen LogP contribution is 2.19. The average molecular weight is 343 g/mol. The van der Waals surface area contributed by atoms with Gasteiger partial charge in [0.05, 0.1) is 31.1 Å². The lowest BCUT2D eigenvalue weighted by atomic mass is 10.2. The van der Waals surface area contributed by atoms with E-state index in [4.69, 9.17) is 9.47 Å². The molecule has 1 aliphatic heterocycles. The van der Waals surface area contributed by atoms with E-state index in [1.807, 2.05) is 19.9 Å². The molecule has 3 rings (SSSR count). The van der Waals surface area contributed by atoms with E-state index in [1.54, 1.807) is 29.2 Å². The van der Waals surface area contributed by atoms with E-state index in [2.05, 4.69) is 5.10 Å².